The minimum Gasteiger partial charge on any atom is -0.394 e. The Labute approximate surface area is 222 Å². The number of hydrogen-bond donors (Lipinski definition) is 4. The lowest BCUT2D eigenvalue weighted by Gasteiger charge is -2.37. The van der Waals surface area contributed by atoms with Crippen molar-refractivity contribution >= 4 is 17.8 Å². The first kappa shape index (κ1) is 27.7. The maximum Gasteiger partial charge on any atom is 0.354 e. The molecular weight excluding hydrogens is 488 g/mol. The quantitative estimate of drug-likeness (QED) is 0.378. The SMILES string of the molecule is CC(N)(CO)C(=O)N1CCN(C(=O)Nc2ccn(-c3ccc(CCN4CCC[C@@H](N)C4)cc3)c(=O)n2)CC1. The minimum atomic E-state index is -1.35. The van der Waals surface area contributed by atoms with Crippen molar-refractivity contribution in [1.82, 2.24) is 24.3 Å². The van der Waals surface area contributed by atoms with Crippen LogP contribution in [0.5, 0.6) is 0 Å². The van der Waals surface area contributed by atoms with Gasteiger partial charge in [-0.25, -0.2) is 9.59 Å². The number of urea groups is 1. The summed E-state index contributed by atoms with van der Waals surface area (Å²) in [5, 5.41) is 12.0. The number of aliphatic hydroxyl groups is 1. The van der Waals surface area contributed by atoms with Gasteiger partial charge in [-0.2, -0.15) is 4.98 Å². The van der Waals surface area contributed by atoms with Crippen LogP contribution in [0.1, 0.15) is 25.3 Å². The average molecular weight is 527 g/mol. The van der Waals surface area contributed by atoms with Crippen LogP contribution in [0.2, 0.25) is 0 Å². The topological polar surface area (TPSA) is 163 Å². The van der Waals surface area contributed by atoms with E-state index in [4.69, 9.17) is 11.5 Å². The summed E-state index contributed by atoms with van der Waals surface area (Å²) in [4.78, 5) is 47.3. The number of nitrogens with one attached hydrogen (secondary N) is 1. The van der Waals surface area contributed by atoms with Crippen LogP contribution in [0.3, 0.4) is 0 Å². The maximum atomic E-state index is 12.7. The molecule has 1 aromatic heterocycles. The van der Waals surface area contributed by atoms with Crippen LogP contribution in [0, 0.1) is 0 Å². The van der Waals surface area contributed by atoms with Gasteiger partial charge in [-0.1, -0.05) is 12.1 Å². The van der Waals surface area contributed by atoms with Crippen molar-refractivity contribution in [3.05, 3.63) is 52.6 Å². The third-order valence-corrected chi connectivity index (χ3v) is 7.18. The molecule has 4 rings (SSSR count). The highest BCUT2D eigenvalue weighted by molar-refractivity contribution is 5.89. The number of hydrogen-bond acceptors (Lipinski definition) is 8. The first-order chi connectivity index (χ1) is 18.2. The molecule has 206 valence electrons. The fourth-order valence-corrected chi connectivity index (χ4v) is 4.80. The van der Waals surface area contributed by atoms with Crippen LogP contribution in [0.25, 0.3) is 5.69 Å². The number of anilines is 1. The lowest BCUT2D eigenvalue weighted by Crippen LogP contribution is -2.60. The predicted molar refractivity (Wildman–Crippen MR) is 144 cm³/mol. The summed E-state index contributed by atoms with van der Waals surface area (Å²) < 4.78 is 1.43. The minimum absolute atomic E-state index is 0.154. The monoisotopic (exact) mass is 526 g/mol. The number of amides is 3. The second kappa shape index (κ2) is 12.0. The molecule has 38 heavy (non-hydrogen) atoms. The van der Waals surface area contributed by atoms with Gasteiger partial charge in [0.05, 0.1) is 12.3 Å². The van der Waals surface area contributed by atoms with Gasteiger partial charge in [-0.3, -0.25) is 14.7 Å². The summed E-state index contributed by atoms with van der Waals surface area (Å²) in [7, 11) is 0. The molecule has 12 nitrogen and oxygen atoms in total. The van der Waals surface area contributed by atoms with Crippen molar-refractivity contribution in [2.45, 2.75) is 37.8 Å². The number of piperazine rings is 1. The molecule has 3 amide bonds. The summed E-state index contributed by atoms with van der Waals surface area (Å²) in [5.74, 6) is -0.203. The largest absolute Gasteiger partial charge is 0.394 e. The van der Waals surface area contributed by atoms with Crippen LogP contribution in [-0.4, -0.2) is 105 Å². The Balaban J connectivity index is 1.30. The first-order valence-corrected chi connectivity index (χ1v) is 13.1. The van der Waals surface area contributed by atoms with E-state index in [0.29, 0.717) is 31.9 Å². The molecule has 2 saturated heterocycles. The van der Waals surface area contributed by atoms with Crippen molar-refractivity contribution < 1.29 is 14.7 Å². The summed E-state index contributed by atoms with van der Waals surface area (Å²) in [6.45, 7) is 5.21. The molecule has 3 heterocycles. The maximum absolute atomic E-state index is 12.7. The predicted octanol–water partition coefficient (Wildman–Crippen LogP) is -0.416. The van der Waals surface area contributed by atoms with Crippen LogP contribution in [0.15, 0.2) is 41.3 Å². The zero-order chi connectivity index (χ0) is 27.3. The molecule has 0 radical (unpaired) electrons. The molecule has 2 fully saturated rings. The van der Waals surface area contributed by atoms with E-state index in [-0.39, 0.29) is 17.8 Å². The normalized spacial score (nSPS) is 20.2. The Bertz CT molecular complexity index is 1170. The molecular formula is C26H38N8O4. The molecule has 2 aliphatic rings. The Kier molecular flexibility index (Phi) is 8.77. The lowest BCUT2D eigenvalue weighted by atomic mass is 10.0. The average Bonchev–Trinajstić information content (AvgIpc) is 2.92. The molecule has 0 spiro atoms. The zero-order valence-electron chi connectivity index (χ0n) is 21.9. The summed E-state index contributed by atoms with van der Waals surface area (Å²) in [6, 6.07) is 9.25. The van der Waals surface area contributed by atoms with Crippen LogP contribution < -0.4 is 22.5 Å². The molecule has 0 saturated carbocycles. The van der Waals surface area contributed by atoms with Crippen LogP contribution in [-0.2, 0) is 11.2 Å². The van der Waals surface area contributed by atoms with E-state index < -0.39 is 23.9 Å². The first-order valence-electron chi connectivity index (χ1n) is 13.1. The third kappa shape index (κ3) is 6.76. The number of aliphatic hydroxyl groups excluding tert-OH is 1. The van der Waals surface area contributed by atoms with Gasteiger partial charge in [0.2, 0.25) is 5.91 Å². The van der Waals surface area contributed by atoms with E-state index in [1.54, 1.807) is 17.2 Å². The number of benzene rings is 1. The van der Waals surface area contributed by atoms with Crippen molar-refractivity contribution in [1.29, 1.82) is 0 Å². The summed E-state index contributed by atoms with van der Waals surface area (Å²) >= 11 is 0. The zero-order valence-corrected chi connectivity index (χ0v) is 21.9. The highest BCUT2D eigenvalue weighted by atomic mass is 16.3. The van der Waals surface area contributed by atoms with Gasteiger partial charge in [0.15, 0.2) is 0 Å². The number of aromatic nitrogens is 2. The fourth-order valence-electron chi connectivity index (χ4n) is 4.80. The molecule has 2 aromatic rings. The number of carbonyl (C=O) groups excluding carboxylic acids is 2. The van der Waals surface area contributed by atoms with Crippen LogP contribution >= 0.6 is 0 Å². The molecule has 2 atom stereocenters. The van der Waals surface area contributed by atoms with E-state index in [2.05, 4.69) is 15.2 Å². The molecule has 1 unspecified atom stereocenters. The Morgan fingerprint density at radius 3 is 2.42 bits per heavy atom. The molecule has 0 aliphatic carbocycles. The van der Waals surface area contributed by atoms with E-state index in [0.717, 1.165) is 38.9 Å². The highest BCUT2D eigenvalue weighted by Gasteiger charge is 2.34. The molecule has 0 bridgehead atoms. The number of nitrogens with two attached hydrogens (primary N) is 2. The van der Waals surface area contributed by atoms with Crippen LogP contribution in [0.4, 0.5) is 10.6 Å². The summed E-state index contributed by atoms with van der Waals surface area (Å²) in [5.41, 5.74) is 11.9. The van der Waals surface area contributed by atoms with Gasteiger partial charge >= 0.3 is 11.7 Å². The van der Waals surface area contributed by atoms with Gasteiger partial charge in [0.25, 0.3) is 0 Å². The molecule has 6 N–H and O–H groups in total. The fraction of sp³-hybridized carbons (Fsp3) is 0.538. The standard InChI is InChI=1S/C26H38N8O4/c1-26(28,18-35)23(36)32-13-15-33(16-14-32)24(37)29-22-9-12-34(25(38)30-22)21-6-4-19(5-7-21)8-11-31-10-2-3-20(27)17-31/h4-7,9,12,20,35H,2-3,8,10-11,13-18,27-28H2,1H3,(H,29,30,37,38)/t20-,26?/m1/s1. The van der Waals surface area contributed by atoms with Gasteiger partial charge < -0.3 is 31.3 Å². The van der Waals surface area contributed by atoms with E-state index >= 15 is 0 Å². The Morgan fingerprint density at radius 1 is 1.11 bits per heavy atom. The number of likely N-dealkylation sites (tertiary alicyclic amines) is 1. The molecule has 12 heteroatoms. The molecule has 1 aromatic carbocycles. The smallest absolute Gasteiger partial charge is 0.354 e. The number of carbonyl (C=O) groups is 2. The van der Waals surface area contributed by atoms with Gasteiger partial charge in [0.1, 0.15) is 11.4 Å². The highest BCUT2D eigenvalue weighted by Crippen LogP contribution is 2.14. The second-order valence-corrected chi connectivity index (χ2v) is 10.4. The number of nitrogens with zero attached hydrogens (tertiary/aromatic N) is 5. The lowest BCUT2D eigenvalue weighted by molar-refractivity contribution is -0.139. The summed E-state index contributed by atoms with van der Waals surface area (Å²) in [6.07, 6.45) is 4.74. The van der Waals surface area contributed by atoms with E-state index in [1.807, 2.05) is 24.3 Å². The van der Waals surface area contributed by atoms with Crippen molar-refractivity contribution in [2.24, 2.45) is 11.5 Å². The Hall–Kier alpha value is -3.32. The van der Waals surface area contributed by atoms with Crippen molar-refractivity contribution in [3.8, 4) is 5.69 Å². The number of rotatable bonds is 7. The van der Waals surface area contributed by atoms with Crippen molar-refractivity contribution in [3.63, 3.8) is 0 Å². The van der Waals surface area contributed by atoms with Gasteiger partial charge in [-0.05, 0) is 56.5 Å². The van der Waals surface area contributed by atoms with Gasteiger partial charge in [-0.15, -0.1) is 0 Å². The third-order valence-electron chi connectivity index (χ3n) is 7.18. The Morgan fingerprint density at radius 2 is 1.79 bits per heavy atom. The van der Waals surface area contributed by atoms with E-state index in [1.165, 1.54) is 22.0 Å². The van der Waals surface area contributed by atoms with Crippen molar-refractivity contribution in [2.75, 3.05) is 57.7 Å². The van der Waals surface area contributed by atoms with Gasteiger partial charge in [0, 0.05) is 51.5 Å². The number of piperidine rings is 1. The van der Waals surface area contributed by atoms with E-state index in [9.17, 15) is 19.5 Å². The molecule has 2 aliphatic heterocycles. The second-order valence-electron chi connectivity index (χ2n) is 10.4.